The highest BCUT2D eigenvalue weighted by Crippen LogP contribution is 2.22. The fourth-order valence-corrected chi connectivity index (χ4v) is 4.42. The fourth-order valence-electron chi connectivity index (χ4n) is 1.97. The van der Waals surface area contributed by atoms with E-state index in [1.807, 2.05) is 16.8 Å². The number of fused-ring (bicyclic) bond motifs is 1. The minimum absolute atomic E-state index is 0.0469. The summed E-state index contributed by atoms with van der Waals surface area (Å²) >= 11 is 4.14. The van der Waals surface area contributed by atoms with E-state index in [9.17, 15) is 9.59 Å². The van der Waals surface area contributed by atoms with Gasteiger partial charge in [-0.05, 0) is 22.9 Å². The molecule has 3 aromatic heterocycles. The Morgan fingerprint density at radius 3 is 2.95 bits per heavy atom. The van der Waals surface area contributed by atoms with E-state index in [0.29, 0.717) is 21.9 Å². The van der Waals surface area contributed by atoms with Crippen molar-refractivity contribution in [2.24, 2.45) is 0 Å². The van der Waals surface area contributed by atoms with Gasteiger partial charge < -0.3 is 0 Å². The number of allylic oxidation sites excluding steroid dienone is 1. The monoisotopic (exact) mass is 348 g/mol. The highest BCUT2D eigenvalue weighted by atomic mass is 32.2. The molecule has 112 valence electrons. The van der Waals surface area contributed by atoms with Crippen LogP contribution in [0.4, 0.5) is 0 Å². The van der Waals surface area contributed by atoms with Crippen molar-refractivity contribution in [3.05, 3.63) is 56.8 Å². The summed E-state index contributed by atoms with van der Waals surface area (Å²) < 4.78 is 1.56. The van der Waals surface area contributed by atoms with E-state index in [1.165, 1.54) is 34.4 Å². The molecule has 0 saturated heterocycles. The van der Waals surface area contributed by atoms with Crippen molar-refractivity contribution in [3.63, 3.8) is 0 Å². The molecule has 7 heteroatoms. The standard InChI is InChI=1S/C15H12N2O2S3/c1-2-6-17-14(19)10-5-8-21-13(10)16-15(17)22-9-11(18)12-4-3-7-20-12/h2-5,7-8H,1,6,9H2. The lowest BCUT2D eigenvalue weighted by atomic mass is 10.4. The van der Waals surface area contributed by atoms with Crippen molar-refractivity contribution < 1.29 is 4.79 Å². The van der Waals surface area contributed by atoms with E-state index in [2.05, 4.69) is 11.6 Å². The molecular formula is C15H12N2O2S3. The zero-order chi connectivity index (χ0) is 15.5. The van der Waals surface area contributed by atoms with E-state index in [4.69, 9.17) is 0 Å². The molecule has 0 atom stereocenters. The number of hydrogen-bond acceptors (Lipinski definition) is 6. The van der Waals surface area contributed by atoms with E-state index in [1.54, 1.807) is 22.8 Å². The van der Waals surface area contributed by atoms with Gasteiger partial charge in [-0.2, -0.15) is 0 Å². The molecule has 0 N–H and O–H groups in total. The Labute approximate surface area is 139 Å². The molecule has 0 bridgehead atoms. The van der Waals surface area contributed by atoms with Gasteiger partial charge in [0, 0.05) is 6.54 Å². The predicted molar refractivity (Wildman–Crippen MR) is 93.5 cm³/mol. The first-order valence-electron chi connectivity index (χ1n) is 6.49. The topological polar surface area (TPSA) is 52.0 Å². The molecule has 0 aliphatic rings. The quantitative estimate of drug-likeness (QED) is 0.295. The lowest BCUT2D eigenvalue weighted by Gasteiger charge is -2.09. The summed E-state index contributed by atoms with van der Waals surface area (Å²) in [6.07, 6.45) is 1.66. The Morgan fingerprint density at radius 1 is 1.36 bits per heavy atom. The maximum absolute atomic E-state index is 12.5. The number of hydrogen-bond donors (Lipinski definition) is 0. The van der Waals surface area contributed by atoms with Crippen molar-refractivity contribution in [2.45, 2.75) is 11.7 Å². The van der Waals surface area contributed by atoms with Gasteiger partial charge in [0.25, 0.3) is 5.56 Å². The molecule has 22 heavy (non-hydrogen) atoms. The Bertz CT molecular complexity index is 878. The second kappa shape index (κ2) is 6.60. The average molecular weight is 348 g/mol. The van der Waals surface area contributed by atoms with Gasteiger partial charge in [0.2, 0.25) is 0 Å². The van der Waals surface area contributed by atoms with Crippen molar-refractivity contribution in [3.8, 4) is 0 Å². The maximum Gasteiger partial charge on any atom is 0.263 e. The van der Waals surface area contributed by atoms with E-state index < -0.39 is 0 Å². The van der Waals surface area contributed by atoms with Crippen LogP contribution in [0, 0.1) is 0 Å². The number of Topliss-reactive ketones (excluding diaryl/α,β-unsaturated/α-hetero) is 1. The lowest BCUT2D eigenvalue weighted by Crippen LogP contribution is -2.22. The van der Waals surface area contributed by atoms with Gasteiger partial charge in [0.15, 0.2) is 10.9 Å². The highest BCUT2D eigenvalue weighted by Gasteiger charge is 2.14. The van der Waals surface area contributed by atoms with Crippen molar-refractivity contribution in [2.75, 3.05) is 5.75 Å². The minimum atomic E-state index is -0.0859. The number of carbonyl (C=O) groups excluding carboxylic acids is 1. The van der Waals surface area contributed by atoms with Gasteiger partial charge in [-0.1, -0.05) is 23.9 Å². The van der Waals surface area contributed by atoms with E-state index >= 15 is 0 Å². The number of aromatic nitrogens is 2. The Morgan fingerprint density at radius 2 is 2.23 bits per heavy atom. The Hall–Kier alpha value is -1.70. The molecule has 0 radical (unpaired) electrons. The maximum atomic E-state index is 12.5. The fraction of sp³-hybridized carbons (Fsp3) is 0.133. The number of thiophene rings is 2. The number of ketones is 1. The first-order valence-corrected chi connectivity index (χ1v) is 9.23. The van der Waals surface area contributed by atoms with E-state index in [-0.39, 0.29) is 17.1 Å². The third-order valence-corrected chi connectivity index (χ3v) is 5.68. The first-order chi connectivity index (χ1) is 10.7. The summed E-state index contributed by atoms with van der Waals surface area (Å²) in [6.45, 7) is 4.06. The number of nitrogens with zero attached hydrogens (tertiary/aromatic N) is 2. The molecule has 0 fully saturated rings. The molecule has 0 unspecified atom stereocenters. The molecule has 0 aromatic carbocycles. The summed E-state index contributed by atoms with van der Waals surface area (Å²) in [4.78, 5) is 30.5. The molecule has 3 rings (SSSR count). The van der Waals surface area contributed by atoms with Crippen LogP contribution in [0.1, 0.15) is 9.67 Å². The third-order valence-electron chi connectivity index (χ3n) is 2.99. The average Bonchev–Trinajstić information content (AvgIpc) is 3.18. The van der Waals surface area contributed by atoms with Gasteiger partial charge >= 0.3 is 0 Å². The molecule has 0 aliphatic carbocycles. The lowest BCUT2D eigenvalue weighted by molar-refractivity contribution is 0.102. The van der Waals surface area contributed by atoms with Gasteiger partial charge in [0.05, 0.1) is 16.0 Å². The van der Waals surface area contributed by atoms with Crippen molar-refractivity contribution >= 4 is 50.4 Å². The summed E-state index contributed by atoms with van der Waals surface area (Å²) in [7, 11) is 0. The number of carbonyl (C=O) groups is 1. The zero-order valence-electron chi connectivity index (χ0n) is 11.5. The molecule has 0 amide bonds. The molecular weight excluding hydrogens is 336 g/mol. The van der Waals surface area contributed by atoms with Gasteiger partial charge in [-0.25, -0.2) is 4.98 Å². The molecule has 0 aliphatic heterocycles. The smallest absolute Gasteiger partial charge is 0.263 e. The molecule has 0 spiro atoms. The number of rotatable bonds is 6. The molecule has 4 nitrogen and oxygen atoms in total. The van der Waals surface area contributed by atoms with Crippen LogP contribution in [-0.2, 0) is 6.54 Å². The normalized spacial score (nSPS) is 10.9. The summed E-state index contributed by atoms with van der Waals surface area (Å²) in [5.41, 5.74) is -0.0859. The minimum Gasteiger partial charge on any atom is -0.292 e. The summed E-state index contributed by atoms with van der Waals surface area (Å²) in [6, 6.07) is 5.44. The van der Waals surface area contributed by atoms with Crippen LogP contribution in [0.5, 0.6) is 0 Å². The van der Waals surface area contributed by atoms with Gasteiger partial charge in [-0.15, -0.1) is 29.3 Å². The van der Waals surface area contributed by atoms with Crippen LogP contribution in [0.2, 0.25) is 0 Å². The first kappa shape index (κ1) is 15.2. The van der Waals surface area contributed by atoms with Crippen LogP contribution >= 0.6 is 34.4 Å². The summed E-state index contributed by atoms with van der Waals surface area (Å²) in [5.74, 6) is 0.312. The van der Waals surface area contributed by atoms with Gasteiger partial charge in [0.1, 0.15) is 4.83 Å². The second-order valence-electron chi connectivity index (χ2n) is 4.43. The Balaban J connectivity index is 1.92. The zero-order valence-corrected chi connectivity index (χ0v) is 14.0. The second-order valence-corrected chi connectivity index (χ2v) is 7.21. The highest BCUT2D eigenvalue weighted by molar-refractivity contribution is 7.99. The molecule has 3 heterocycles. The van der Waals surface area contributed by atoms with Crippen LogP contribution in [0.3, 0.4) is 0 Å². The molecule has 3 aromatic rings. The SMILES string of the molecule is C=CCn1c(SCC(=O)c2cccs2)nc2sccc2c1=O. The summed E-state index contributed by atoms with van der Waals surface area (Å²) in [5, 5.41) is 4.90. The van der Waals surface area contributed by atoms with Crippen LogP contribution < -0.4 is 5.56 Å². The van der Waals surface area contributed by atoms with Crippen LogP contribution in [0.15, 0.2) is 51.6 Å². The molecule has 0 saturated carbocycles. The van der Waals surface area contributed by atoms with Crippen LogP contribution in [0.25, 0.3) is 10.2 Å². The van der Waals surface area contributed by atoms with Crippen molar-refractivity contribution in [1.29, 1.82) is 0 Å². The van der Waals surface area contributed by atoms with Crippen LogP contribution in [-0.4, -0.2) is 21.1 Å². The van der Waals surface area contributed by atoms with Crippen molar-refractivity contribution in [1.82, 2.24) is 9.55 Å². The predicted octanol–water partition coefficient (Wildman–Crippen LogP) is 3.68. The number of thioether (sulfide) groups is 1. The third kappa shape index (κ3) is 2.92. The van der Waals surface area contributed by atoms with E-state index in [0.717, 1.165) is 4.88 Å². The van der Waals surface area contributed by atoms with Gasteiger partial charge in [-0.3, -0.25) is 14.2 Å². The largest absolute Gasteiger partial charge is 0.292 e. The Kier molecular flexibility index (Phi) is 4.56.